The van der Waals surface area contributed by atoms with Gasteiger partial charge in [0, 0.05) is 25.9 Å². The van der Waals surface area contributed by atoms with Gasteiger partial charge in [-0.2, -0.15) is 0 Å². The monoisotopic (exact) mass is 514 g/mol. The van der Waals surface area contributed by atoms with E-state index in [1.807, 2.05) is 54.6 Å². The molecule has 1 atom stereocenters. The van der Waals surface area contributed by atoms with Gasteiger partial charge in [0.15, 0.2) is 0 Å². The molecule has 0 spiro atoms. The normalized spacial score (nSPS) is 11.9. The fraction of sp³-hybridized carbons (Fsp3) is 0.394. The highest BCUT2D eigenvalue weighted by Crippen LogP contribution is 2.20. The summed E-state index contributed by atoms with van der Waals surface area (Å²) in [5.74, 6) is 1.34. The van der Waals surface area contributed by atoms with E-state index < -0.39 is 6.04 Å². The number of rotatable bonds is 13. The van der Waals surface area contributed by atoms with Crippen LogP contribution < -0.4 is 10.1 Å². The Bertz CT molecular complexity index is 1160. The van der Waals surface area contributed by atoms with Crippen molar-refractivity contribution in [2.75, 3.05) is 13.7 Å². The van der Waals surface area contributed by atoms with E-state index >= 15 is 0 Å². The second-order valence-corrected chi connectivity index (χ2v) is 10.6. The van der Waals surface area contributed by atoms with Crippen molar-refractivity contribution in [3.63, 3.8) is 0 Å². The summed E-state index contributed by atoms with van der Waals surface area (Å²) in [5.41, 5.74) is 4.34. The van der Waals surface area contributed by atoms with Crippen molar-refractivity contribution in [2.45, 2.75) is 65.5 Å². The maximum atomic E-state index is 13.8. The quantitative estimate of drug-likeness (QED) is 0.297. The van der Waals surface area contributed by atoms with Crippen LogP contribution >= 0.6 is 0 Å². The van der Waals surface area contributed by atoms with Crippen molar-refractivity contribution in [1.82, 2.24) is 10.2 Å². The average molecular weight is 515 g/mol. The van der Waals surface area contributed by atoms with E-state index in [1.54, 1.807) is 12.0 Å². The number of amides is 2. The van der Waals surface area contributed by atoms with Gasteiger partial charge in [0.2, 0.25) is 11.8 Å². The van der Waals surface area contributed by atoms with Crippen molar-refractivity contribution in [3.05, 3.63) is 101 Å². The molecule has 3 aromatic carbocycles. The molecule has 202 valence electrons. The van der Waals surface area contributed by atoms with E-state index in [4.69, 9.17) is 4.74 Å². The van der Waals surface area contributed by atoms with Crippen LogP contribution in [0.15, 0.2) is 78.9 Å². The first-order chi connectivity index (χ1) is 18.3. The van der Waals surface area contributed by atoms with Crippen LogP contribution in [0, 0.1) is 5.92 Å². The Kier molecular flexibility index (Phi) is 11.0. The molecule has 5 nitrogen and oxygen atoms in total. The Labute approximate surface area is 228 Å². The zero-order chi connectivity index (χ0) is 27.5. The van der Waals surface area contributed by atoms with Crippen LogP contribution in [0.2, 0.25) is 0 Å². The van der Waals surface area contributed by atoms with E-state index in [0.717, 1.165) is 22.4 Å². The molecule has 0 aliphatic heterocycles. The maximum absolute atomic E-state index is 13.8. The van der Waals surface area contributed by atoms with Gasteiger partial charge >= 0.3 is 0 Å². The van der Waals surface area contributed by atoms with Gasteiger partial charge in [0.1, 0.15) is 11.8 Å². The van der Waals surface area contributed by atoms with E-state index in [2.05, 4.69) is 57.3 Å². The SMILES string of the molecule is COc1cccc(CN(C(=O)CCc2ccc(C(C)C)cc2)C(Cc2ccccc2)C(=O)NCC(C)C)c1. The highest BCUT2D eigenvalue weighted by Gasteiger charge is 2.30. The summed E-state index contributed by atoms with van der Waals surface area (Å²) in [6, 6.07) is 25.4. The lowest BCUT2D eigenvalue weighted by atomic mass is 9.99. The van der Waals surface area contributed by atoms with Crippen LogP contribution in [-0.2, 0) is 29.0 Å². The molecule has 0 aliphatic carbocycles. The minimum absolute atomic E-state index is 0.0404. The number of benzene rings is 3. The topological polar surface area (TPSA) is 58.6 Å². The highest BCUT2D eigenvalue weighted by atomic mass is 16.5. The summed E-state index contributed by atoms with van der Waals surface area (Å²) in [4.78, 5) is 29.1. The van der Waals surface area contributed by atoms with Crippen LogP contribution in [-0.4, -0.2) is 36.4 Å². The van der Waals surface area contributed by atoms with Crippen LogP contribution in [0.1, 0.15) is 62.3 Å². The third-order valence-electron chi connectivity index (χ3n) is 6.72. The van der Waals surface area contributed by atoms with E-state index in [-0.39, 0.29) is 11.8 Å². The molecule has 0 bridgehead atoms. The van der Waals surface area contributed by atoms with E-state index in [1.165, 1.54) is 5.56 Å². The van der Waals surface area contributed by atoms with Gasteiger partial charge in [0.05, 0.1) is 7.11 Å². The fourth-order valence-corrected chi connectivity index (χ4v) is 4.41. The maximum Gasteiger partial charge on any atom is 0.243 e. The number of methoxy groups -OCH3 is 1. The van der Waals surface area contributed by atoms with Crippen LogP contribution in [0.25, 0.3) is 0 Å². The van der Waals surface area contributed by atoms with Crippen molar-refractivity contribution in [1.29, 1.82) is 0 Å². The molecule has 2 amide bonds. The number of nitrogens with one attached hydrogen (secondary N) is 1. The number of aryl methyl sites for hydroxylation is 1. The Morgan fingerprint density at radius 3 is 2.16 bits per heavy atom. The van der Waals surface area contributed by atoms with Gasteiger partial charge in [-0.05, 0) is 52.6 Å². The third-order valence-corrected chi connectivity index (χ3v) is 6.72. The standard InChI is InChI=1S/C33H42N2O3/c1-24(2)22-34-33(37)31(21-27-10-7-6-8-11-27)35(23-28-12-9-13-30(20-28)38-5)32(36)19-16-26-14-17-29(18-15-26)25(3)4/h6-15,17-18,20,24-25,31H,16,19,21-23H2,1-5H3,(H,34,37). The van der Waals surface area contributed by atoms with Gasteiger partial charge in [-0.3, -0.25) is 9.59 Å². The molecule has 0 aliphatic rings. The van der Waals surface area contributed by atoms with Gasteiger partial charge < -0.3 is 15.0 Å². The van der Waals surface area contributed by atoms with Crippen LogP contribution in [0.4, 0.5) is 0 Å². The first-order valence-corrected chi connectivity index (χ1v) is 13.6. The van der Waals surface area contributed by atoms with Gasteiger partial charge in [-0.15, -0.1) is 0 Å². The molecular formula is C33H42N2O3. The molecule has 3 aromatic rings. The van der Waals surface area contributed by atoms with Crippen molar-refractivity contribution < 1.29 is 14.3 Å². The van der Waals surface area contributed by atoms with Crippen LogP contribution in [0.5, 0.6) is 5.75 Å². The average Bonchev–Trinajstić information content (AvgIpc) is 2.93. The zero-order valence-corrected chi connectivity index (χ0v) is 23.4. The minimum Gasteiger partial charge on any atom is -0.497 e. The Balaban J connectivity index is 1.89. The van der Waals surface area contributed by atoms with Crippen LogP contribution in [0.3, 0.4) is 0 Å². The van der Waals surface area contributed by atoms with Gasteiger partial charge in [0.25, 0.3) is 0 Å². The lowest BCUT2D eigenvalue weighted by Crippen LogP contribution is -2.51. The predicted octanol–water partition coefficient (Wildman–Crippen LogP) is 6.16. The molecule has 0 radical (unpaired) electrons. The number of hydrogen-bond acceptors (Lipinski definition) is 3. The number of ether oxygens (including phenoxy) is 1. The van der Waals surface area contributed by atoms with Crippen molar-refractivity contribution >= 4 is 11.8 Å². The number of carbonyl (C=O) groups is 2. The summed E-state index contributed by atoms with van der Waals surface area (Å²) in [6.07, 6.45) is 1.40. The summed E-state index contributed by atoms with van der Waals surface area (Å²) < 4.78 is 5.41. The molecule has 0 fully saturated rings. The largest absolute Gasteiger partial charge is 0.497 e. The van der Waals surface area contributed by atoms with E-state index in [0.29, 0.717) is 44.2 Å². The molecular weight excluding hydrogens is 472 g/mol. The molecule has 0 aromatic heterocycles. The summed E-state index contributed by atoms with van der Waals surface area (Å²) in [6.45, 7) is 9.37. The summed E-state index contributed by atoms with van der Waals surface area (Å²) >= 11 is 0. The Morgan fingerprint density at radius 1 is 0.842 bits per heavy atom. The summed E-state index contributed by atoms with van der Waals surface area (Å²) in [5, 5.41) is 3.08. The first-order valence-electron chi connectivity index (χ1n) is 13.6. The summed E-state index contributed by atoms with van der Waals surface area (Å²) in [7, 11) is 1.63. The predicted molar refractivity (Wildman–Crippen MR) is 154 cm³/mol. The highest BCUT2D eigenvalue weighted by molar-refractivity contribution is 5.88. The second-order valence-electron chi connectivity index (χ2n) is 10.6. The number of hydrogen-bond donors (Lipinski definition) is 1. The zero-order valence-electron chi connectivity index (χ0n) is 23.4. The third kappa shape index (κ3) is 8.76. The lowest BCUT2D eigenvalue weighted by Gasteiger charge is -2.32. The van der Waals surface area contributed by atoms with Crippen molar-refractivity contribution in [2.24, 2.45) is 5.92 Å². The number of carbonyl (C=O) groups excluding carboxylic acids is 2. The molecule has 1 unspecified atom stereocenters. The smallest absolute Gasteiger partial charge is 0.243 e. The fourth-order valence-electron chi connectivity index (χ4n) is 4.41. The Hall–Kier alpha value is -3.60. The van der Waals surface area contributed by atoms with Gasteiger partial charge in [-0.1, -0.05) is 94.4 Å². The molecule has 3 rings (SSSR count). The Morgan fingerprint density at radius 2 is 1.53 bits per heavy atom. The second kappa shape index (κ2) is 14.4. The molecule has 1 N–H and O–H groups in total. The first kappa shape index (κ1) is 29.0. The van der Waals surface area contributed by atoms with Gasteiger partial charge in [-0.25, -0.2) is 0 Å². The molecule has 0 saturated carbocycles. The lowest BCUT2D eigenvalue weighted by molar-refractivity contribution is -0.141. The minimum atomic E-state index is -0.627. The molecule has 0 heterocycles. The molecule has 0 saturated heterocycles. The number of nitrogens with zero attached hydrogens (tertiary/aromatic N) is 1. The molecule has 38 heavy (non-hydrogen) atoms. The van der Waals surface area contributed by atoms with Crippen molar-refractivity contribution in [3.8, 4) is 5.75 Å². The molecule has 5 heteroatoms. The van der Waals surface area contributed by atoms with E-state index in [9.17, 15) is 9.59 Å².